The highest BCUT2D eigenvalue weighted by atomic mass is 16.4. The minimum absolute atomic E-state index is 0.418. The van der Waals surface area contributed by atoms with E-state index in [-0.39, 0.29) is 0 Å². The summed E-state index contributed by atoms with van der Waals surface area (Å²) in [6.07, 6.45) is 8.29. The first kappa shape index (κ1) is 15.0. The van der Waals surface area contributed by atoms with Gasteiger partial charge in [-0.05, 0) is 17.9 Å². The van der Waals surface area contributed by atoms with E-state index in [1.807, 2.05) is 30.3 Å². The zero-order chi connectivity index (χ0) is 14.2. The van der Waals surface area contributed by atoms with E-state index >= 15 is 0 Å². The van der Waals surface area contributed by atoms with Crippen molar-refractivity contribution < 1.29 is 9.90 Å². The molecule has 0 radical (unpaired) electrons. The Balaban J connectivity index is 1.85. The Kier molecular flexibility index (Phi) is 6.06. The molecule has 1 aliphatic carbocycles. The van der Waals surface area contributed by atoms with Crippen LogP contribution in [0.3, 0.4) is 0 Å². The third-order valence-corrected chi connectivity index (χ3v) is 4.24. The smallest absolute Gasteiger partial charge is 0.320 e. The molecule has 1 aliphatic rings. The predicted molar refractivity (Wildman–Crippen MR) is 80.5 cm³/mol. The number of carbonyl (C=O) groups is 1. The molecule has 0 aromatic heterocycles. The van der Waals surface area contributed by atoms with E-state index in [0.717, 1.165) is 12.0 Å². The molecule has 1 atom stereocenters. The lowest BCUT2D eigenvalue weighted by Crippen LogP contribution is -2.37. The molecule has 0 saturated heterocycles. The zero-order valence-corrected chi connectivity index (χ0v) is 12.1. The fraction of sp³-hybridized carbons (Fsp3) is 0.588. The van der Waals surface area contributed by atoms with Crippen molar-refractivity contribution in [1.82, 2.24) is 5.32 Å². The van der Waals surface area contributed by atoms with Gasteiger partial charge in [0.2, 0.25) is 0 Å². The second kappa shape index (κ2) is 8.05. The van der Waals surface area contributed by atoms with Gasteiger partial charge in [0.15, 0.2) is 0 Å². The minimum Gasteiger partial charge on any atom is -0.480 e. The number of benzene rings is 1. The van der Waals surface area contributed by atoms with Crippen LogP contribution in [-0.4, -0.2) is 17.1 Å². The highest BCUT2D eigenvalue weighted by Crippen LogP contribution is 2.26. The van der Waals surface area contributed by atoms with Gasteiger partial charge in [0, 0.05) is 6.54 Å². The average Bonchev–Trinajstić information content (AvgIpc) is 2.73. The van der Waals surface area contributed by atoms with Crippen LogP contribution in [0, 0.1) is 5.92 Å². The van der Waals surface area contributed by atoms with Crippen molar-refractivity contribution in [2.24, 2.45) is 5.92 Å². The molecular weight excluding hydrogens is 250 g/mol. The Hall–Kier alpha value is -1.35. The second-order valence-electron chi connectivity index (χ2n) is 5.85. The van der Waals surface area contributed by atoms with Crippen molar-refractivity contribution in [3.05, 3.63) is 35.9 Å². The number of hydrogen-bond donors (Lipinski definition) is 2. The molecule has 110 valence electrons. The summed E-state index contributed by atoms with van der Waals surface area (Å²) in [7, 11) is 0. The first-order valence-corrected chi connectivity index (χ1v) is 7.76. The van der Waals surface area contributed by atoms with Crippen LogP contribution in [-0.2, 0) is 11.3 Å². The van der Waals surface area contributed by atoms with Crippen LogP contribution in [0.5, 0.6) is 0 Å². The summed E-state index contributed by atoms with van der Waals surface area (Å²) in [6, 6.07) is 9.58. The molecule has 0 bridgehead atoms. The molecule has 1 saturated carbocycles. The van der Waals surface area contributed by atoms with Gasteiger partial charge in [-0.1, -0.05) is 68.9 Å². The number of aliphatic carboxylic acids is 1. The normalized spacial score (nSPS) is 18.4. The number of nitrogens with one attached hydrogen (secondary N) is 1. The summed E-state index contributed by atoms with van der Waals surface area (Å²) in [5.74, 6) is -0.146. The number of carboxylic acid groups (broad SMARTS) is 1. The van der Waals surface area contributed by atoms with Gasteiger partial charge in [-0.2, -0.15) is 0 Å². The fourth-order valence-electron chi connectivity index (χ4n) is 3.04. The zero-order valence-electron chi connectivity index (χ0n) is 12.1. The number of rotatable bonds is 6. The molecular formula is C17H25NO2. The number of carboxylic acids is 1. The van der Waals surface area contributed by atoms with Gasteiger partial charge in [0.1, 0.15) is 6.04 Å². The quantitative estimate of drug-likeness (QED) is 0.780. The highest BCUT2D eigenvalue weighted by molar-refractivity contribution is 5.73. The van der Waals surface area contributed by atoms with E-state index in [4.69, 9.17) is 0 Å². The first-order chi connectivity index (χ1) is 9.75. The Morgan fingerprint density at radius 1 is 1.15 bits per heavy atom. The summed E-state index contributed by atoms with van der Waals surface area (Å²) in [6.45, 7) is 0.629. The molecule has 3 heteroatoms. The standard InChI is InChI=1S/C17H25NO2/c19-17(20)16(12-14-8-4-1-2-5-9-14)18-13-15-10-6-3-7-11-15/h3,6-7,10-11,14,16,18H,1-2,4-5,8-9,12-13H2,(H,19,20)/t16-/m0/s1. The van der Waals surface area contributed by atoms with E-state index in [0.29, 0.717) is 12.5 Å². The summed E-state index contributed by atoms with van der Waals surface area (Å²) in [5, 5.41) is 12.6. The van der Waals surface area contributed by atoms with Crippen LogP contribution >= 0.6 is 0 Å². The van der Waals surface area contributed by atoms with Crippen molar-refractivity contribution >= 4 is 5.97 Å². The van der Waals surface area contributed by atoms with Crippen molar-refractivity contribution in [1.29, 1.82) is 0 Å². The van der Waals surface area contributed by atoms with E-state index in [9.17, 15) is 9.90 Å². The molecule has 0 heterocycles. The van der Waals surface area contributed by atoms with Gasteiger partial charge in [0.25, 0.3) is 0 Å². The maximum Gasteiger partial charge on any atom is 0.320 e. The summed E-state index contributed by atoms with van der Waals surface area (Å²) < 4.78 is 0. The molecule has 1 aromatic rings. The predicted octanol–water partition coefficient (Wildman–Crippen LogP) is 3.59. The molecule has 2 N–H and O–H groups in total. The third-order valence-electron chi connectivity index (χ3n) is 4.24. The van der Waals surface area contributed by atoms with Gasteiger partial charge in [-0.25, -0.2) is 0 Å². The Morgan fingerprint density at radius 3 is 2.40 bits per heavy atom. The maximum atomic E-state index is 11.4. The van der Waals surface area contributed by atoms with Crippen LogP contribution in [0.4, 0.5) is 0 Å². The van der Waals surface area contributed by atoms with Crippen LogP contribution in [0.2, 0.25) is 0 Å². The molecule has 1 aromatic carbocycles. The summed E-state index contributed by atoms with van der Waals surface area (Å²) in [4.78, 5) is 11.4. The largest absolute Gasteiger partial charge is 0.480 e. The minimum atomic E-state index is -0.717. The molecule has 2 rings (SSSR count). The Morgan fingerprint density at radius 2 is 1.80 bits per heavy atom. The van der Waals surface area contributed by atoms with Gasteiger partial charge in [-0.3, -0.25) is 4.79 Å². The Labute approximate surface area is 121 Å². The van der Waals surface area contributed by atoms with Crippen molar-refractivity contribution in [2.75, 3.05) is 0 Å². The summed E-state index contributed by atoms with van der Waals surface area (Å²) in [5.41, 5.74) is 1.14. The molecule has 0 amide bonds. The van der Waals surface area contributed by atoms with E-state index in [1.54, 1.807) is 0 Å². The van der Waals surface area contributed by atoms with E-state index in [1.165, 1.54) is 38.5 Å². The van der Waals surface area contributed by atoms with Gasteiger partial charge in [0.05, 0.1) is 0 Å². The van der Waals surface area contributed by atoms with Crippen molar-refractivity contribution in [2.45, 2.75) is 57.5 Å². The Bertz CT molecular complexity index is 397. The lowest BCUT2D eigenvalue weighted by molar-refractivity contribution is -0.140. The van der Waals surface area contributed by atoms with Crippen molar-refractivity contribution in [3.63, 3.8) is 0 Å². The molecule has 1 fully saturated rings. The molecule has 0 aliphatic heterocycles. The monoisotopic (exact) mass is 275 g/mol. The van der Waals surface area contributed by atoms with Gasteiger partial charge >= 0.3 is 5.97 Å². The van der Waals surface area contributed by atoms with Crippen LogP contribution in [0.25, 0.3) is 0 Å². The fourth-order valence-corrected chi connectivity index (χ4v) is 3.04. The van der Waals surface area contributed by atoms with Crippen LogP contribution in [0.1, 0.15) is 50.5 Å². The van der Waals surface area contributed by atoms with Gasteiger partial charge in [-0.15, -0.1) is 0 Å². The highest BCUT2D eigenvalue weighted by Gasteiger charge is 2.22. The molecule has 3 nitrogen and oxygen atoms in total. The SMILES string of the molecule is O=C(O)[C@H](CC1CCCCCC1)NCc1ccccc1. The average molecular weight is 275 g/mol. The first-order valence-electron chi connectivity index (χ1n) is 7.76. The van der Waals surface area contributed by atoms with E-state index < -0.39 is 12.0 Å². The number of hydrogen-bond acceptors (Lipinski definition) is 2. The topological polar surface area (TPSA) is 49.3 Å². The van der Waals surface area contributed by atoms with Gasteiger partial charge < -0.3 is 10.4 Å². The van der Waals surface area contributed by atoms with Crippen LogP contribution < -0.4 is 5.32 Å². The summed E-state index contributed by atoms with van der Waals surface area (Å²) >= 11 is 0. The van der Waals surface area contributed by atoms with Crippen molar-refractivity contribution in [3.8, 4) is 0 Å². The molecule has 20 heavy (non-hydrogen) atoms. The molecule has 0 spiro atoms. The second-order valence-corrected chi connectivity index (χ2v) is 5.85. The van der Waals surface area contributed by atoms with Crippen LogP contribution in [0.15, 0.2) is 30.3 Å². The van der Waals surface area contributed by atoms with E-state index in [2.05, 4.69) is 5.32 Å². The lowest BCUT2D eigenvalue weighted by atomic mass is 9.92. The third kappa shape index (κ3) is 4.97. The molecule has 0 unspecified atom stereocenters. The lowest BCUT2D eigenvalue weighted by Gasteiger charge is -2.20. The maximum absolute atomic E-state index is 11.4.